The molecule has 45 heavy (non-hydrogen) atoms. The minimum absolute atomic E-state index is 0.105. The first kappa shape index (κ1) is 32.7. The van der Waals surface area contributed by atoms with Gasteiger partial charge in [0.05, 0.1) is 10.7 Å². The molecule has 0 unspecified atom stereocenters. The highest BCUT2D eigenvalue weighted by Crippen LogP contribution is 2.41. The maximum Gasteiger partial charge on any atom is 0.319 e. The summed E-state index contributed by atoms with van der Waals surface area (Å²) in [6.45, 7) is 15.7. The molecule has 4 aromatic carbocycles. The van der Waals surface area contributed by atoms with Crippen molar-refractivity contribution in [3.05, 3.63) is 150 Å². The maximum absolute atomic E-state index is 14.3. The summed E-state index contributed by atoms with van der Waals surface area (Å²) >= 11 is 0. The molecule has 1 heterocycles. The van der Waals surface area contributed by atoms with Gasteiger partial charge in [-0.15, -0.1) is 0 Å². The van der Waals surface area contributed by atoms with Gasteiger partial charge in [0.25, 0.3) is 0 Å². The van der Waals surface area contributed by atoms with Crippen LogP contribution in [0.3, 0.4) is 0 Å². The fraction of sp³-hybridized carbons (Fsp3) is 0.282. The summed E-state index contributed by atoms with van der Waals surface area (Å²) in [6.07, 6.45) is 1.18. The van der Waals surface area contributed by atoms with E-state index in [0.29, 0.717) is 24.3 Å². The highest BCUT2D eigenvalue weighted by atomic mass is 32.2. The molecular weight excluding hydrogens is 591 g/mol. The normalized spacial score (nSPS) is 16.7. The van der Waals surface area contributed by atoms with Crippen LogP contribution in [-0.2, 0) is 20.9 Å². The van der Waals surface area contributed by atoms with Crippen molar-refractivity contribution >= 4 is 28.7 Å². The van der Waals surface area contributed by atoms with Crippen molar-refractivity contribution in [2.24, 2.45) is 5.92 Å². The Morgan fingerprint density at radius 1 is 0.844 bits per heavy atom. The Kier molecular flexibility index (Phi) is 9.68. The molecule has 4 aromatic rings. The summed E-state index contributed by atoms with van der Waals surface area (Å²) in [5, 5.41) is 2.14. The van der Waals surface area contributed by atoms with Gasteiger partial charge in [0, 0.05) is 25.4 Å². The lowest BCUT2D eigenvalue weighted by molar-refractivity contribution is 0.348. The summed E-state index contributed by atoms with van der Waals surface area (Å²) < 4.78 is 37.9. The summed E-state index contributed by atoms with van der Waals surface area (Å²) in [7, 11) is -6.76. The number of sulfonamides is 1. The lowest BCUT2D eigenvalue weighted by Crippen LogP contribution is -2.66. The summed E-state index contributed by atoms with van der Waals surface area (Å²) in [4.78, 5) is 0.309. The molecule has 0 aliphatic carbocycles. The van der Waals surface area contributed by atoms with Gasteiger partial charge in [-0.2, -0.15) is 4.31 Å². The summed E-state index contributed by atoms with van der Waals surface area (Å²) in [6, 6.07) is 38.7. The highest BCUT2D eigenvalue weighted by molar-refractivity contribution is 7.89. The summed E-state index contributed by atoms with van der Waals surface area (Å²) in [5.41, 5.74) is 4.09. The summed E-state index contributed by atoms with van der Waals surface area (Å²) in [5.74, 6) is 0.787. The molecular formula is C39H45NO3SSi. The lowest BCUT2D eigenvalue weighted by atomic mass is 9.96. The van der Waals surface area contributed by atoms with Crippen LogP contribution >= 0.6 is 0 Å². The van der Waals surface area contributed by atoms with Gasteiger partial charge in [-0.05, 0) is 58.9 Å². The molecule has 1 aliphatic rings. The van der Waals surface area contributed by atoms with E-state index >= 15 is 0 Å². The fourth-order valence-electron chi connectivity index (χ4n) is 6.36. The van der Waals surface area contributed by atoms with Crippen molar-refractivity contribution in [3.63, 3.8) is 0 Å². The first-order chi connectivity index (χ1) is 21.4. The SMILES string of the molecule is C=C(C)[C@@H]1CC(O[Si](c2ccccc2)(c2ccccc2)C(C)(C)C)=C(Cc2ccccc2)CN(S(=O)(=O)c2ccc(C)cc2)C1. The lowest BCUT2D eigenvalue weighted by Gasteiger charge is -2.44. The van der Waals surface area contributed by atoms with E-state index in [0.717, 1.165) is 28.0 Å². The van der Waals surface area contributed by atoms with E-state index < -0.39 is 18.3 Å². The van der Waals surface area contributed by atoms with Gasteiger partial charge in [-0.25, -0.2) is 8.42 Å². The first-order valence-electron chi connectivity index (χ1n) is 15.7. The van der Waals surface area contributed by atoms with Crippen molar-refractivity contribution in [3.8, 4) is 0 Å². The van der Waals surface area contributed by atoms with Crippen molar-refractivity contribution in [1.29, 1.82) is 0 Å². The Bertz CT molecular complexity index is 1700. The van der Waals surface area contributed by atoms with Gasteiger partial charge in [0.1, 0.15) is 0 Å². The van der Waals surface area contributed by atoms with Gasteiger partial charge in [0.15, 0.2) is 0 Å². The number of hydrogen-bond acceptors (Lipinski definition) is 3. The molecule has 0 bridgehead atoms. The second kappa shape index (κ2) is 13.3. The molecule has 0 saturated heterocycles. The molecule has 0 saturated carbocycles. The van der Waals surface area contributed by atoms with Crippen molar-refractivity contribution in [2.75, 3.05) is 13.1 Å². The van der Waals surface area contributed by atoms with Crippen LogP contribution in [0.15, 0.2) is 144 Å². The van der Waals surface area contributed by atoms with Crippen LogP contribution in [0.5, 0.6) is 0 Å². The van der Waals surface area contributed by atoms with E-state index in [1.807, 2.05) is 56.3 Å². The van der Waals surface area contributed by atoms with Crippen LogP contribution in [0.4, 0.5) is 0 Å². The van der Waals surface area contributed by atoms with Gasteiger partial charge < -0.3 is 4.43 Å². The van der Waals surface area contributed by atoms with Crippen LogP contribution in [0, 0.1) is 12.8 Å². The molecule has 0 N–H and O–H groups in total. The van der Waals surface area contributed by atoms with Crippen LogP contribution in [0.25, 0.3) is 0 Å². The van der Waals surface area contributed by atoms with E-state index in [2.05, 4.69) is 88.0 Å². The molecule has 0 amide bonds. The standard InChI is InChI=1S/C39H45NO3SSi/c1-30(2)33-27-38(43-45(39(4,5)6,36-18-12-8-13-19-36)37-20-14-9-15-21-37)34(26-32-16-10-7-11-17-32)29-40(28-33)44(41,42)35-24-22-31(3)23-25-35/h7-25,33H,1,26-29H2,2-6H3/t33-/m1/s1. The number of rotatable bonds is 9. The minimum Gasteiger partial charge on any atom is -0.537 e. The van der Waals surface area contributed by atoms with Crippen LogP contribution < -0.4 is 10.4 Å². The Balaban J connectivity index is 1.73. The second-order valence-corrected chi connectivity index (χ2v) is 19.5. The van der Waals surface area contributed by atoms with E-state index in [-0.39, 0.29) is 17.5 Å². The average molecular weight is 636 g/mol. The van der Waals surface area contributed by atoms with E-state index in [1.54, 1.807) is 16.4 Å². The monoisotopic (exact) mass is 635 g/mol. The van der Waals surface area contributed by atoms with Crippen LogP contribution in [-0.4, -0.2) is 34.1 Å². The molecule has 0 radical (unpaired) electrons. The molecule has 6 heteroatoms. The Morgan fingerprint density at radius 2 is 1.36 bits per heavy atom. The van der Waals surface area contributed by atoms with Crippen LogP contribution in [0.2, 0.25) is 5.04 Å². The fourth-order valence-corrected chi connectivity index (χ4v) is 12.4. The van der Waals surface area contributed by atoms with Gasteiger partial charge in [0.2, 0.25) is 10.0 Å². The molecule has 234 valence electrons. The highest BCUT2D eigenvalue weighted by Gasteiger charge is 2.53. The Hall–Kier alpha value is -3.71. The Labute approximate surface area is 271 Å². The van der Waals surface area contributed by atoms with Gasteiger partial charge >= 0.3 is 8.32 Å². The minimum atomic E-state index is -3.78. The molecule has 1 atom stereocenters. The van der Waals surface area contributed by atoms with Gasteiger partial charge in [-0.3, -0.25) is 0 Å². The maximum atomic E-state index is 14.3. The molecule has 0 spiro atoms. The second-order valence-electron chi connectivity index (χ2n) is 13.3. The predicted octanol–water partition coefficient (Wildman–Crippen LogP) is 7.66. The smallest absolute Gasteiger partial charge is 0.319 e. The first-order valence-corrected chi connectivity index (χ1v) is 19.0. The third-order valence-electron chi connectivity index (χ3n) is 8.93. The molecule has 1 aliphatic heterocycles. The van der Waals surface area contributed by atoms with Crippen molar-refractivity contribution in [2.45, 2.75) is 57.4 Å². The van der Waals surface area contributed by atoms with Gasteiger partial charge in [-0.1, -0.05) is 142 Å². The zero-order valence-electron chi connectivity index (χ0n) is 27.2. The zero-order chi connectivity index (χ0) is 32.2. The predicted molar refractivity (Wildman–Crippen MR) is 189 cm³/mol. The topological polar surface area (TPSA) is 46.6 Å². The third-order valence-corrected chi connectivity index (χ3v) is 15.7. The molecule has 4 nitrogen and oxygen atoms in total. The number of allylic oxidation sites excluding steroid dienone is 1. The number of nitrogens with zero attached hydrogens (tertiary/aromatic N) is 1. The zero-order valence-corrected chi connectivity index (χ0v) is 29.0. The van der Waals surface area contributed by atoms with Crippen molar-refractivity contribution < 1.29 is 12.8 Å². The van der Waals surface area contributed by atoms with E-state index in [1.165, 1.54) is 10.4 Å². The number of aryl methyl sites for hydroxylation is 1. The van der Waals surface area contributed by atoms with Crippen LogP contribution in [0.1, 0.15) is 45.2 Å². The Morgan fingerprint density at radius 3 is 1.84 bits per heavy atom. The van der Waals surface area contributed by atoms with E-state index in [4.69, 9.17) is 4.43 Å². The average Bonchev–Trinajstić information content (AvgIpc) is 3.21. The molecule has 5 rings (SSSR count). The molecule has 0 fully saturated rings. The van der Waals surface area contributed by atoms with E-state index in [9.17, 15) is 8.42 Å². The van der Waals surface area contributed by atoms with Crippen molar-refractivity contribution in [1.82, 2.24) is 4.31 Å². The number of hydrogen-bond donors (Lipinski definition) is 0. The largest absolute Gasteiger partial charge is 0.537 e. The molecule has 0 aromatic heterocycles. The number of benzene rings is 4. The quantitative estimate of drug-likeness (QED) is 0.140. The third kappa shape index (κ3) is 6.93.